The normalized spacial score (nSPS) is 12.7. The van der Waals surface area contributed by atoms with E-state index < -0.39 is 5.91 Å². The van der Waals surface area contributed by atoms with E-state index in [2.05, 4.69) is 24.5 Å². The van der Waals surface area contributed by atoms with Crippen LogP contribution in [0.4, 0.5) is 5.00 Å². The van der Waals surface area contributed by atoms with Crippen molar-refractivity contribution in [1.82, 2.24) is 5.32 Å². The molecule has 1 aromatic heterocycles. The first kappa shape index (κ1) is 18.5. The molecule has 0 spiro atoms. The van der Waals surface area contributed by atoms with Crippen LogP contribution in [-0.4, -0.2) is 16.9 Å². The van der Waals surface area contributed by atoms with Gasteiger partial charge in [-0.25, -0.2) is 0 Å². The smallest absolute Gasteiger partial charge is 0.257 e. The van der Waals surface area contributed by atoms with Gasteiger partial charge in [-0.15, -0.1) is 11.3 Å². The molecule has 1 aliphatic rings. The first-order valence-corrected chi connectivity index (χ1v) is 9.76. The molecule has 1 heterocycles. The SMILES string of the molecule is CC(C)c1ccc(C(=O)NC(=S)Nc2sc3c(c2C(N)=O)CCC3)cc1. The molecule has 0 fully saturated rings. The number of anilines is 1. The number of amides is 2. The van der Waals surface area contributed by atoms with E-state index >= 15 is 0 Å². The molecule has 1 aliphatic carbocycles. The van der Waals surface area contributed by atoms with Crippen LogP contribution in [0.2, 0.25) is 0 Å². The quantitative estimate of drug-likeness (QED) is 0.700. The molecule has 4 N–H and O–H groups in total. The highest BCUT2D eigenvalue weighted by atomic mass is 32.1. The second-order valence-corrected chi connectivity index (χ2v) is 8.12. The summed E-state index contributed by atoms with van der Waals surface area (Å²) in [5.41, 5.74) is 8.75. The molecule has 5 nitrogen and oxygen atoms in total. The zero-order chi connectivity index (χ0) is 18.8. The van der Waals surface area contributed by atoms with Gasteiger partial charge in [-0.3, -0.25) is 14.9 Å². The Labute approximate surface area is 162 Å². The van der Waals surface area contributed by atoms with Crippen molar-refractivity contribution in [1.29, 1.82) is 0 Å². The van der Waals surface area contributed by atoms with Gasteiger partial charge in [0, 0.05) is 10.4 Å². The molecule has 0 saturated heterocycles. The number of aryl methyl sites for hydroxylation is 1. The lowest BCUT2D eigenvalue weighted by atomic mass is 10.0. The maximum atomic E-state index is 12.4. The van der Waals surface area contributed by atoms with E-state index in [4.69, 9.17) is 18.0 Å². The molecular formula is C19H21N3O2S2. The third-order valence-corrected chi connectivity index (χ3v) is 5.87. The molecular weight excluding hydrogens is 366 g/mol. The number of thiocarbonyl (C=S) groups is 1. The number of carbonyl (C=O) groups excluding carboxylic acids is 2. The van der Waals surface area contributed by atoms with Crippen LogP contribution >= 0.6 is 23.6 Å². The number of primary amides is 1. The number of thiophene rings is 1. The van der Waals surface area contributed by atoms with Crippen molar-refractivity contribution in [2.45, 2.75) is 39.0 Å². The van der Waals surface area contributed by atoms with Gasteiger partial charge >= 0.3 is 0 Å². The first-order valence-electron chi connectivity index (χ1n) is 8.53. The van der Waals surface area contributed by atoms with Gasteiger partial charge in [0.1, 0.15) is 5.00 Å². The summed E-state index contributed by atoms with van der Waals surface area (Å²) < 4.78 is 0. The van der Waals surface area contributed by atoms with Crippen molar-refractivity contribution in [3.63, 3.8) is 0 Å². The lowest BCUT2D eigenvalue weighted by Crippen LogP contribution is -2.34. The monoisotopic (exact) mass is 387 g/mol. The van der Waals surface area contributed by atoms with E-state index in [0.717, 1.165) is 24.8 Å². The van der Waals surface area contributed by atoms with Crippen molar-refractivity contribution in [2.24, 2.45) is 5.73 Å². The van der Waals surface area contributed by atoms with E-state index in [1.54, 1.807) is 12.1 Å². The van der Waals surface area contributed by atoms with Gasteiger partial charge in [-0.05, 0) is 60.7 Å². The summed E-state index contributed by atoms with van der Waals surface area (Å²) in [6.45, 7) is 4.20. The maximum Gasteiger partial charge on any atom is 0.257 e. The molecule has 0 saturated carbocycles. The van der Waals surface area contributed by atoms with Crippen LogP contribution < -0.4 is 16.4 Å². The fourth-order valence-corrected chi connectivity index (χ4v) is 4.64. The van der Waals surface area contributed by atoms with Gasteiger partial charge < -0.3 is 11.1 Å². The van der Waals surface area contributed by atoms with Crippen LogP contribution in [0.25, 0.3) is 0 Å². The molecule has 7 heteroatoms. The minimum Gasteiger partial charge on any atom is -0.365 e. The van der Waals surface area contributed by atoms with E-state index in [0.29, 0.717) is 22.0 Å². The Morgan fingerprint density at radius 2 is 1.88 bits per heavy atom. The zero-order valence-corrected chi connectivity index (χ0v) is 16.4. The number of fused-ring (bicyclic) bond motifs is 1. The van der Waals surface area contributed by atoms with Crippen molar-refractivity contribution in [3.05, 3.63) is 51.4 Å². The van der Waals surface area contributed by atoms with Gasteiger partial charge in [-0.2, -0.15) is 0 Å². The van der Waals surface area contributed by atoms with Crippen molar-refractivity contribution >= 4 is 45.5 Å². The Hall–Kier alpha value is -2.25. The maximum absolute atomic E-state index is 12.4. The lowest BCUT2D eigenvalue weighted by Gasteiger charge is -2.11. The summed E-state index contributed by atoms with van der Waals surface area (Å²) in [5, 5.41) is 6.40. The van der Waals surface area contributed by atoms with E-state index in [-0.39, 0.29) is 11.0 Å². The first-order chi connectivity index (χ1) is 12.4. The molecule has 2 aromatic rings. The van der Waals surface area contributed by atoms with Gasteiger partial charge in [0.2, 0.25) is 0 Å². The fraction of sp³-hybridized carbons (Fsp3) is 0.316. The lowest BCUT2D eigenvalue weighted by molar-refractivity contribution is 0.0975. The molecule has 0 bridgehead atoms. The Morgan fingerprint density at radius 3 is 2.50 bits per heavy atom. The van der Waals surface area contributed by atoms with E-state index in [9.17, 15) is 9.59 Å². The van der Waals surface area contributed by atoms with Crippen LogP contribution in [0.5, 0.6) is 0 Å². The summed E-state index contributed by atoms with van der Waals surface area (Å²) in [7, 11) is 0. The summed E-state index contributed by atoms with van der Waals surface area (Å²) in [6, 6.07) is 7.43. The Bertz CT molecular complexity index is 870. The predicted octanol–water partition coefficient (Wildman–Crippen LogP) is 3.59. The second kappa shape index (κ2) is 7.55. The molecule has 3 rings (SSSR count). The van der Waals surface area contributed by atoms with Crippen LogP contribution in [0.3, 0.4) is 0 Å². The highest BCUT2D eigenvalue weighted by molar-refractivity contribution is 7.80. The number of nitrogens with two attached hydrogens (primary N) is 1. The molecule has 2 amide bonds. The number of hydrogen-bond donors (Lipinski definition) is 3. The highest BCUT2D eigenvalue weighted by Gasteiger charge is 2.25. The zero-order valence-electron chi connectivity index (χ0n) is 14.7. The number of hydrogen-bond acceptors (Lipinski definition) is 4. The molecule has 0 aliphatic heterocycles. The molecule has 0 unspecified atom stereocenters. The largest absolute Gasteiger partial charge is 0.365 e. The van der Waals surface area contributed by atoms with Gasteiger partial charge in [0.15, 0.2) is 5.11 Å². The summed E-state index contributed by atoms with van der Waals surface area (Å²) in [5.74, 6) is -0.351. The van der Waals surface area contributed by atoms with Gasteiger partial charge in [0.05, 0.1) is 5.56 Å². The van der Waals surface area contributed by atoms with Crippen LogP contribution in [0.15, 0.2) is 24.3 Å². The third-order valence-electron chi connectivity index (χ3n) is 4.46. The van der Waals surface area contributed by atoms with Crippen molar-refractivity contribution < 1.29 is 9.59 Å². The highest BCUT2D eigenvalue weighted by Crippen LogP contribution is 2.38. The van der Waals surface area contributed by atoms with Crippen LogP contribution in [0.1, 0.15) is 62.9 Å². The Kier molecular flexibility index (Phi) is 5.38. The molecule has 1 aromatic carbocycles. The molecule has 0 radical (unpaired) electrons. The van der Waals surface area contributed by atoms with Gasteiger partial charge in [-0.1, -0.05) is 26.0 Å². The minimum atomic E-state index is -0.467. The summed E-state index contributed by atoms with van der Waals surface area (Å²) in [6.07, 6.45) is 2.84. The number of carbonyl (C=O) groups is 2. The van der Waals surface area contributed by atoms with Crippen LogP contribution in [0, 0.1) is 0 Å². The molecule has 0 atom stereocenters. The summed E-state index contributed by atoms with van der Waals surface area (Å²) in [4.78, 5) is 25.3. The average Bonchev–Trinajstić information content (AvgIpc) is 3.14. The standard InChI is InChI=1S/C19H21N3O2S2/c1-10(2)11-6-8-12(9-7-11)17(24)21-19(25)22-18-15(16(20)23)13-4-3-5-14(13)26-18/h6-10H,3-5H2,1-2H3,(H2,20,23)(H2,21,22,24,25). The number of nitrogens with one attached hydrogen (secondary N) is 2. The molecule has 26 heavy (non-hydrogen) atoms. The third kappa shape index (κ3) is 3.78. The number of benzene rings is 1. The van der Waals surface area contributed by atoms with Crippen molar-refractivity contribution in [2.75, 3.05) is 5.32 Å². The van der Waals surface area contributed by atoms with E-state index in [1.165, 1.54) is 21.8 Å². The summed E-state index contributed by atoms with van der Waals surface area (Å²) >= 11 is 6.73. The minimum absolute atomic E-state index is 0.158. The van der Waals surface area contributed by atoms with Crippen LogP contribution in [-0.2, 0) is 12.8 Å². The van der Waals surface area contributed by atoms with Crippen molar-refractivity contribution in [3.8, 4) is 0 Å². The Morgan fingerprint density at radius 1 is 1.19 bits per heavy atom. The van der Waals surface area contributed by atoms with E-state index in [1.807, 2.05) is 12.1 Å². The number of rotatable bonds is 4. The fourth-order valence-electron chi connectivity index (χ4n) is 3.08. The topological polar surface area (TPSA) is 84.2 Å². The van der Waals surface area contributed by atoms with Gasteiger partial charge in [0.25, 0.3) is 11.8 Å². The second-order valence-electron chi connectivity index (χ2n) is 6.61. The predicted molar refractivity (Wildman–Crippen MR) is 109 cm³/mol. The Balaban J connectivity index is 1.69. The molecule has 136 valence electrons. The average molecular weight is 388 g/mol.